The van der Waals surface area contributed by atoms with Crippen molar-refractivity contribution in [2.45, 2.75) is 39.3 Å². The van der Waals surface area contributed by atoms with Gasteiger partial charge in [0.25, 0.3) is 0 Å². The highest BCUT2D eigenvalue weighted by Gasteiger charge is 2.24. The van der Waals surface area contributed by atoms with E-state index in [0.29, 0.717) is 17.9 Å². The molecule has 5 nitrogen and oxygen atoms in total. The predicted octanol–water partition coefficient (Wildman–Crippen LogP) is 2.70. The average molecular weight is 312 g/mol. The monoisotopic (exact) mass is 312 g/mol. The van der Waals surface area contributed by atoms with Crippen molar-refractivity contribution < 1.29 is 19.0 Å². The van der Waals surface area contributed by atoms with Crippen molar-refractivity contribution in [2.24, 2.45) is 0 Å². The Morgan fingerprint density at radius 1 is 1.50 bits per heavy atom. The van der Waals surface area contributed by atoms with E-state index in [-0.39, 0.29) is 12.6 Å². The van der Waals surface area contributed by atoms with Gasteiger partial charge in [-0.15, -0.1) is 0 Å². The van der Waals surface area contributed by atoms with E-state index in [1.54, 1.807) is 32.9 Å². The zero-order valence-corrected chi connectivity index (χ0v) is 13.8. The molecule has 1 aromatic rings. The third-order valence-corrected chi connectivity index (χ3v) is 3.25. The van der Waals surface area contributed by atoms with E-state index in [1.807, 2.05) is 6.92 Å². The third-order valence-electron chi connectivity index (χ3n) is 3.25. The summed E-state index contributed by atoms with van der Waals surface area (Å²) in [6, 6.07) is 3.62. The highest BCUT2D eigenvalue weighted by Crippen LogP contribution is 2.27. The van der Waals surface area contributed by atoms with Gasteiger partial charge >= 0.3 is 6.03 Å². The van der Waals surface area contributed by atoms with Crippen LogP contribution in [0.1, 0.15) is 39.3 Å². The number of ether oxygens (including phenoxy) is 1. The van der Waals surface area contributed by atoms with Gasteiger partial charge in [-0.2, -0.15) is 0 Å². The third kappa shape index (κ3) is 4.87. The molecule has 1 unspecified atom stereocenters. The maximum atomic E-state index is 14.0. The first-order chi connectivity index (χ1) is 10.2. The summed E-state index contributed by atoms with van der Waals surface area (Å²) in [5.41, 5.74) is -0.690. The Hall–Kier alpha value is -1.82. The van der Waals surface area contributed by atoms with E-state index in [1.165, 1.54) is 18.1 Å². The van der Waals surface area contributed by atoms with Gasteiger partial charge in [0.1, 0.15) is 11.6 Å². The van der Waals surface area contributed by atoms with E-state index in [0.717, 1.165) is 0 Å². The van der Waals surface area contributed by atoms with Crippen LogP contribution >= 0.6 is 0 Å². The number of methoxy groups -OCH3 is 1. The standard InChI is InChI=1S/C16H25FN2O3/c1-6-19(10-16(3,4)21)15(20)18-11(2)14-12(17)8-7-9-13(14)22-5/h7-9,11,21H,6,10H2,1-5H3,(H,18,20). The Labute approximate surface area is 131 Å². The molecule has 124 valence electrons. The summed E-state index contributed by atoms with van der Waals surface area (Å²) in [6.07, 6.45) is 0. The van der Waals surface area contributed by atoms with Gasteiger partial charge in [0.2, 0.25) is 0 Å². The van der Waals surface area contributed by atoms with Crippen LogP contribution in [0.15, 0.2) is 18.2 Å². The lowest BCUT2D eigenvalue weighted by atomic mass is 10.1. The Morgan fingerprint density at radius 3 is 2.64 bits per heavy atom. The normalized spacial score (nSPS) is 12.7. The number of rotatable bonds is 6. The molecule has 1 atom stereocenters. The van der Waals surface area contributed by atoms with Gasteiger partial charge in [0.15, 0.2) is 0 Å². The van der Waals surface area contributed by atoms with Crippen molar-refractivity contribution in [3.05, 3.63) is 29.6 Å². The van der Waals surface area contributed by atoms with Crippen molar-refractivity contribution in [2.75, 3.05) is 20.2 Å². The first kappa shape index (κ1) is 18.2. The smallest absolute Gasteiger partial charge is 0.317 e. The fourth-order valence-corrected chi connectivity index (χ4v) is 2.26. The molecule has 0 fully saturated rings. The molecule has 22 heavy (non-hydrogen) atoms. The van der Waals surface area contributed by atoms with Gasteiger partial charge in [0.05, 0.1) is 30.9 Å². The SMILES string of the molecule is CCN(CC(C)(C)O)C(=O)NC(C)c1c(F)cccc1OC. The van der Waals surface area contributed by atoms with Gasteiger partial charge in [-0.1, -0.05) is 6.07 Å². The number of likely N-dealkylation sites (N-methyl/N-ethyl adjacent to an activating group) is 1. The Kier molecular flexibility index (Phi) is 6.17. The number of carbonyl (C=O) groups excluding carboxylic acids is 1. The lowest BCUT2D eigenvalue weighted by molar-refractivity contribution is 0.0476. The number of amides is 2. The van der Waals surface area contributed by atoms with Crippen molar-refractivity contribution in [1.29, 1.82) is 0 Å². The van der Waals surface area contributed by atoms with Crippen LogP contribution in [0.3, 0.4) is 0 Å². The molecule has 6 heteroatoms. The Balaban J connectivity index is 2.88. The van der Waals surface area contributed by atoms with Crippen LogP contribution in [0.5, 0.6) is 5.75 Å². The molecule has 0 saturated carbocycles. The van der Waals surface area contributed by atoms with Crippen molar-refractivity contribution in [1.82, 2.24) is 10.2 Å². The van der Waals surface area contributed by atoms with E-state index in [9.17, 15) is 14.3 Å². The van der Waals surface area contributed by atoms with Crippen LogP contribution in [0.2, 0.25) is 0 Å². The molecule has 0 aliphatic rings. The molecule has 0 aliphatic carbocycles. The first-order valence-electron chi connectivity index (χ1n) is 7.29. The predicted molar refractivity (Wildman–Crippen MR) is 83.4 cm³/mol. The molecule has 2 amide bonds. The maximum absolute atomic E-state index is 14.0. The summed E-state index contributed by atoms with van der Waals surface area (Å²) in [6.45, 7) is 7.41. The molecular formula is C16H25FN2O3. The molecule has 1 rings (SSSR count). The minimum absolute atomic E-state index is 0.191. The average Bonchev–Trinajstić information content (AvgIpc) is 2.42. The van der Waals surface area contributed by atoms with Crippen molar-refractivity contribution >= 4 is 6.03 Å². The Bertz CT molecular complexity index is 515. The second-order valence-corrected chi connectivity index (χ2v) is 5.85. The van der Waals surface area contributed by atoms with Crippen LogP contribution in [-0.4, -0.2) is 41.8 Å². The number of halogens is 1. The second-order valence-electron chi connectivity index (χ2n) is 5.85. The molecule has 0 aliphatic heterocycles. The van der Waals surface area contributed by atoms with Gasteiger partial charge < -0.3 is 20.1 Å². The molecule has 2 N–H and O–H groups in total. The zero-order chi connectivity index (χ0) is 16.9. The molecule has 0 spiro atoms. The van der Waals surface area contributed by atoms with E-state index in [4.69, 9.17) is 4.74 Å². The van der Waals surface area contributed by atoms with Gasteiger partial charge in [-0.05, 0) is 39.8 Å². The molecule has 0 bridgehead atoms. The summed E-state index contributed by atoms with van der Waals surface area (Å²) in [5, 5.41) is 12.6. The van der Waals surface area contributed by atoms with Crippen molar-refractivity contribution in [3.8, 4) is 5.75 Å². The van der Waals surface area contributed by atoms with Crippen LogP contribution in [-0.2, 0) is 0 Å². The number of nitrogens with one attached hydrogen (secondary N) is 1. The lowest BCUT2D eigenvalue weighted by Gasteiger charge is -2.29. The maximum Gasteiger partial charge on any atom is 0.317 e. The summed E-state index contributed by atoms with van der Waals surface area (Å²) in [5.74, 6) is -0.0453. The molecule has 0 radical (unpaired) electrons. The van der Waals surface area contributed by atoms with Crippen LogP contribution in [0.25, 0.3) is 0 Å². The summed E-state index contributed by atoms with van der Waals surface area (Å²) in [4.78, 5) is 13.8. The molecule has 0 aromatic heterocycles. The molecular weight excluding hydrogens is 287 g/mol. The highest BCUT2D eigenvalue weighted by atomic mass is 19.1. The minimum Gasteiger partial charge on any atom is -0.496 e. The van der Waals surface area contributed by atoms with E-state index < -0.39 is 17.5 Å². The van der Waals surface area contributed by atoms with Gasteiger partial charge in [-0.3, -0.25) is 0 Å². The number of carbonyl (C=O) groups is 1. The topological polar surface area (TPSA) is 61.8 Å². The highest BCUT2D eigenvalue weighted by molar-refractivity contribution is 5.75. The number of urea groups is 1. The summed E-state index contributed by atoms with van der Waals surface area (Å²) >= 11 is 0. The number of hydrogen-bond acceptors (Lipinski definition) is 3. The minimum atomic E-state index is -0.994. The molecule has 0 heterocycles. The second kappa shape index (κ2) is 7.45. The van der Waals surface area contributed by atoms with Crippen LogP contribution in [0, 0.1) is 5.82 Å². The fourth-order valence-electron chi connectivity index (χ4n) is 2.26. The number of hydrogen-bond donors (Lipinski definition) is 2. The van der Waals surface area contributed by atoms with Crippen LogP contribution in [0.4, 0.5) is 9.18 Å². The zero-order valence-electron chi connectivity index (χ0n) is 13.8. The largest absolute Gasteiger partial charge is 0.496 e. The summed E-state index contributed by atoms with van der Waals surface area (Å²) < 4.78 is 19.2. The first-order valence-corrected chi connectivity index (χ1v) is 7.29. The van der Waals surface area contributed by atoms with Gasteiger partial charge in [0, 0.05) is 6.54 Å². The molecule has 0 saturated heterocycles. The fraction of sp³-hybridized carbons (Fsp3) is 0.562. The molecule has 1 aromatic carbocycles. The van der Waals surface area contributed by atoms with E-state index >= 15 is 0 Å². The van der Waals surface area contributed by atoms with Crippen LogP contribution < -0.4 is 10.1 Å². The van der Waals surface area contributed by atoms with E-state index in [2.05, 4.69) is 5.32 Å². The number of aliphatic hydroxyl groups is 1. The number of benzene rings is 1. The van der Waals surface area contributed by atoms with Crippen molar-refractivity contribution in [3.63, 3.8) is 0 Å². The number of nitrogens with zero attached hydrogens (tertiary/aromatic N) is 1. The van der Waals surface area contributed by atoms with Gasteiger partial charge in [-0.25, -0.2) is 9.18 Å². The Morgan fingerprint density at radius 2 is 2.14 bits per heavy atom. The lowest BCUT2D eigenvalue weighted by Crippen LogP contribution is -2.47. The summed E-state index contributed by atoms with van der Waals surface area (Å²) in [7, 11) is 1.46. The quantitative estimate of drug-likeness (QED) is 0.849.